The van der Waals surface area contributed by atoms with Crippen molar-refractivity contribution in [3.05, 3.63) is 103 Å². The lowest BCUT2D eigenvalue weighted by molar-refractivity contribution is 0.417. The molecule has 36 heavy (non-hydrogen) atoms. The fourth-order valence-electron chi connectivity index (χ4n) is 4.43. The quantitative estimate of drug-likeness (QED) is 0.349. The number of nitrogens with zero attached hydrogens (tertiary/aromatic N) is 3. The summed E-state index contributed by atoms with van der Waals surface area (Å²) >= 11 is 5.80. The Morgan fingerprint density at radius 1 is 1.03 bits per heavy atom. The Balaban J connectivity index is 1.59. The minimum atomic E-state index is -3.47. The van der Waals surface area contributed by atoms with Crippen LogP contribution in [0, 0.1) is 0 Å². The summed E-state index contributed by atoms with van der Waals surface area (Å²) in [7, 11) is -1.97. The molecule has 0 spiro atoms. The van der Waals surface area contributed by atoms with Crippen LogP contribution in [0.5, 0.6) is 5.75 Å². The number of hydrogen-bond donors (Lipinski definition) is 2. The van der Waals surface area contributed by atoms with Gasteiger partial charge in [-0.15, -0.1) is 0 Å². The van der Waals surface area contributed by atoms with Gasteiger partial charge < -0.3 is 19.5 Å². The molecule has 1 aliphatic heterocycles. The summed E-state index contributed by atoms with van der Waals surface area (Å²) in [5.41, 5.74) is 4.08. The first-order valence-corrected chi connectivity index (χ1v) is 13.5. The molecule has 1 fully saturated rings. The fourth-order valence-corrected chi connectivity index (χ4v) is 5.35. The fraction of sp³-hybridized carbons (Fsp3) is 0.154. The lowest BCUT2D eigenvalue weighted by atomic mass is 9.98. The molecule has 0 aliphatic carbocycles. The van der Waals surface area contributed by atoms with Crippen LogP contribution in [0.4, 0.5) is 11.4 Å². The zero-order chi connectivity index (χ0) is 25.3. The van der Waals surface area contributed by atoms with Crippen molar-refractivity contribution < 1.29 is 13.2 Å². The molecule has 3 heterocycles. The Bertz CT molecular complexity index is 1490. The van der Waals surface area contributed by atoms with E-state index in [0.29, 0.717) is 16.5 Å². The predicted molar refractivity (Wildman–Crippen MR) is 145 cm³/mol. The number of pyridine rings is 1. The van der Waals surface area contributed by atoms with E-state index in [-0.39, 0.29) is 12.1 Å². The highest BCUT2D eigenvalue weighted by Crippen LogP contribution is 2.43. The van der Waals surface area contributed by atoms with Gasteiger partial charge in [0.1, 0.15) is 5.75 Å². The highest BCUT2D eigenvalue weighted by Gasteiger charge is 2.41. The van der Waals surface area contributed by atoms with Gasteiger partial charge in [0.2, 0.25) is 10.0 Å². The standard InChI is InChI=1S/C26H25N5O3S2/c1-34-23-16-20(11-12-21(23)29-36(2,32)33)31-25(24(28-26(31)35)22-10-6-7-14-27-22)18-13-15-30(17-18)19-8-4-3-5-9-19/h3-17,24-25,29H,1-2H3,(H,28,35)/t24-,25-/m0/s1. The Kier molecular flexibility index (Phi) is 6.38. The summed E-state index contributed by atoms with van der Waals surface area (Å²) in [6.07, 6.45) is 6.99. The predicted octanol–water partition coefficient (Wildman–Crippen LogP) is 4.43. The molecule has 5 rings (SSSR count). The number of methoxy groups -OCH3 is 1. The molecule has 0 bridgehead atoms. The van der Waals surface area contributed by atoms with Gasteiger partial charge >= 0.3 is 0 Å². The average Bonchev–Trinajstić information content (AvgIpc) is 3.49. The van der Waals surface area contributed by atoms with Gasteiger partial charge in [0.15, 0.2) is 5.11 Å². The van der Waals surface area contributed by atoms with Crippen molar-refractivity contribution in [2.75, 3.05) is 23.0 Å². The molecule has 4 aromatic rings. The van der Waals surface area contributed by atoms with Crippen LogP contribution in [0.1, 0.15) is 23.3 Å². The first-order valence-electron chi connectivity index (χ1n) is 11.2. The van der Waals surface area contributed by atoms with E-state index < -0.39 is 10.0 Å². The summed E-state index contributed by atoms with van der Waals surface area (Å²) in [4.78, 5) is 6.62. The Labute approximate surface area is 215 Å². The lowest BCUT2D eigenvalue weighted by Crippen LogP contribution is -2.29. The zero-order valence-corrected chi connectivity index (χ0v) is 21.3. The number of aromatic nitrogens is 2. The normalized spacial score (nSPS) is 17.6. The van der Waals surface area contributed by atoms with Gasteiger partial charge in [-0.1, -0.05) is 24.3 Å². The van der Waals surface area contributed by atoms with Crippen LogP contribution in [0.3, 0.4) is 0 Å². The van der Waals surface area contributed by atoms with Crippen molar-refractivity contribution in [3.63, 3.8) is 0 Å². The maximum Gasteiger partial charge on any atom is 0.229 e. The molecule has 0 saturated carbocycles. The molecule has 184 valence electrons. The third-order valence-electron chi connectivity index (χ3n) is 5.97. The molecule has 2 N–H and O–H groups in total. The van der Waals surface area contributed by atoms with E-state index in [0.717, 1.165) is 28.9 Å². The summed E-state index contributed by atoms with van der Waals surface area (Å²) in [6.45, 7) is 0. The third kappa shape index (κ3) is 4.77. The molecule has 2 aromatic heterocycles. The largest absolute Gasteiger partial charge is 0.494 e. The van der Waals surface area contributed by atoms with Gasteiger partial charge in [-0.05, 0) is 60.2 Å². The molecule has 10 heteroatoms. The summed E-state index contributed by atoms with van der Waals surface area (Å²) < 4.78 is 33.7. The van der Waals surface area contributed by atoms with E-state index in [1.165, 1.54) is 7.11 Å². The third-order valence-corrected chi connectivity index (χ3v) is 6.87. The van der Waals surface area contributed by atoms with Gasteiger partial charge in [0, 0.05) is 36.0 Å². The number of ether oxygens (including phenoxy) is 1. The van der Waals surface area contributed by atoms with E-state index in [4.69, 9.17) is 17.0 Å². The molecule has 1 aliphatic rings. The molecule has 2 atom stereocenters. The Morgan fingerprint density at radius 3 is 2.50 bits per heavy atom. The van der Waals surface area contributed by atoms with Crippen molar-refractivity contribution >= 4 is 38.7 Å². The number of nitrogens with one attached hydrogen (secondary N) is 2. The van der Waals surface area contributed by atoms with E-state index in [9.17, 15) is 8.42 Å². The Hall–Kier alpha value is -3.89. The molecule has 2 aromatic carbocycles. The van der Waals surface area contributed by atoms with E-state index in [1.54, 1.807) is 18.3 Å². The summed E-state index contributed by atoms with van der Waals surface area (Å²) in [5, 5.41) is 3.98. The number of thiocarbonyl (C=S) groups is 1. The second-order valence-corrected chi connectivity index (χ2v) is 10.6. The van der Waals surface area contributed by atoms with E-state index in [1.807, 2.05) is 65.7 Å². The van der Waals surface area contributed by atoms with Crippen LogP contribution in [-0.4, -0.2) is 36.4 Å². The monoisotopic (exact) mass is 519 g/mol. The van der Waals surface area contributed by atoms with Gasteiger partial charge in [0.05, 0.1) is 36.8 Å². The molecule has 0 unspecified atom stereocenters. The number of para-hydroxylation sites is 1. The van der Waals surface area contributed by atoms with Crippen LogP contribution in [0.15, 0.2) is 91.4 Å². The van der Waals surface area contributed by atoms with Crippen molar-refractivity contribution in [1.82, 2.24) is 14.9 Å². The number of hydrogen-bond acceptors (Lipinski definition) is 5. The number of benzene rings is 2. The summed E-state index contributed by atoms with van der Waals surface area (Å²) in [6, 6.07) is 22.9. The smallest absolute Gasteiger partial charge is 0.229 e. The van der Waals surface area contributed by atoms with Crippen molar-refractivity contribution in [2.45, 2.75) is 12.1 Å². The molecule has 0 amide bonds. The van der Waals surface area contributed by atoms with Crippen LogP contribution < -0.4 is 19.7 Å². The molecule has 0 radical (unpaired) electrons. The van der Waals surface area contributed by atoms with Crippen LogP contribution in [-0.2, 0) is 10.0 Å². The second kappa shape index (κ2) is 9.63. The molecular formula is C26H25N5O3S2. The van der Waals surface area contributed by atoms with Crippen LogP contribution in [0.25, 0.3) is 5.69 Å². The molecular weight excluding hydrogens is 494 g/mol. The van der Waals surface area contributed by atoms with Crippen LogP contribution in [0.2, 0.25) is 0 Å². The highest BCUT2D eigenvalue weighted by atomic mass is 32.2. The minimum absolute atomic E-state index is 0.204. The maximum absolute atomic E-state index is 11.8. The van der Waals surface area contributed by atoms with Crippen LogP contribution >= 0.6 is 12.2 Å². The van der Waals surface area contributed by atoms with E-state index >= 15 is 0 Å². The maximum atomic E-state index is 11.8. The van der Waals surface area contributed by atoms with Gasteiger partial charge in [-0.25, -0.2) is 8.42 Å². The molecule has 8 nitrogen and oxygen atoms in total. The first-order chi connectivity index (χ1) is 17.3. The zero-order valence-electron chi connectivity index (χ0n) is 19.7. The van der Waals surface area contributed by atoms with Crippen molar-refractivity contribution in [1.29, 1.82) is 0 Å². The van der Waals surface area contributed by atoms with Gasteiger partial charge in [0.25, 0.3) is 0 Å². The Morgan fingerprint density at radius 2 is 1.81 bits per heavy atom. The number of sulfonamides is 1. The molecule has 1 saturated heterocycles. The highest BCUT2D eigenvalue weighted by molar-refractivity contribution is 7.92. The number of anilines is 2. The average molecular weight is 520 g/mol. The topological polar surface area (TPSA) is 88.5 Å². The van der Waals surface area contributed by atoms with Crippen molar-refractivity contribution in [2.24, 2.45) is 0 Å². The van der Waals surface area contributed by atoms with Gasteiger partial charge in [-0.2, -0.15) is 0 Å². The van der Waals surface area contributed by atoms with Gasteiger partial charge in [-0.3, -0.25) is 9.71 Å². The minimum Gasteiger partial charge on any atom is -0.494 e. The SMILES string of the molecule is COc1cc(N2C(=S)N[C@@H](c3ccccn3)[C@@H]2c2ccn(-c3ccccc3)c2)ccc1NS(C)(=O)=O. The van der Waals surface area contributed by atoms with Crippen molar-refractivity contribution in [3.8, 4) is 11.4 Å². The number of rotatable bonds is 7. The second-order valence-electron chi connectivity index (χ2n) is 8.44. The van der Waals surface area contributed by atoms with E-state index in [2.05, 4.69) is 31.9 Å². The first kappa shape index (κ1) is 23.8. The summed E-state index contributed by atoms with van der Waals surface area (Å²) in [5.74, 6) is 0.391. The lowest BCUT2D eigenvalue weighted by Gasteiger charge is -2.28.